The van der Waals surface area contributed by atoms with E-state index in [-0.39, 0.29) is 28.9 Å². The smallest absolute Gasteiger partial charge is 0.230 e. The second kappa shape index (κ2) is 8.96. The molecule has 7 heteroatoms. The number of dihydropyridines is 1. The van der Waals surface area contributed by atoms with Crippen molar-refractivity contribution in [1.29, 1.82) is 5.26 Å². The highest BCUT2D eigenvalue weighted by atomic mass is 32.2. The van der Waals surface area contributed by atoms with Gasteiger partial charge in [-0.3, -0.25) is 9.59 Å². The monoisotopic (exact) mass is 439 g/mol. The first-order valence-electron chi connectivity index (χ1n) is 11.0. The van der Waals surface area contributed by atoms with E-state index in [1.165, 1.54) is 18.2 Å². The van der Waals surface area contributed by atoms with Crippen molar-refractivity contribution in [3.05, 3.63) is 46.0 Å². The van der Waals surface area contributed by atoms with Crippen molar-refractivity contribution in [2.45, 2.75) is 70.8 Å². The molecule has 0 spiro atoms. The molecule has 1 aromatic rings. The summed E-state index contributed by atoms with van der Waals surface area (Å²) in [5, 5.41) is 17.1. The quantitative estimate of drug-likeness (QED) is 0.700. The standard InChI is InChI=1S/C24H29N3O3S/c1-24(2)11-17-22(18(28)12-24)21(19-9-6-10-30-19)16(13-25)23(27-17)31-14-20(29)26-15-7-4-3-5-8-15/h6,9-10,15,21,27H,3-5,7-8,11-12,14H2,1-2H3,(H,26,29)/t21-/m1/s1. The Morgan fingerprint density at radius 3 is 2.77 bits per heavy atom. The Balaban J connectivity index is 1.58. The van der Waals surface area contributed by atoms with Crippen LogP contribution in [0.5, 0.6) is 0 Å². The lowest BCUT2D eigenvalue weighted by Crippen LogP contribution is -2.38. The minimum absolute atomic E-state index is 0.0159. The fourth-order valence-corrected chi connectivity index (χ4v) is 5.76. The third-order valence-corrected chi connectivity index (χ3v) is 7.29. The van der Waals surface area contributed by atoms with Crippen molar-refractivity contribution in [3.63, 3.8) is 0 Å². The van der Waals surface area contributed by atoms with Crippen LogP contribution in [0.25, 0.3) is 0 Å². The predicted octanol–water partition coefficient (Wildman–Crippen LogP) is 4.53. The minimum Gasteiger partial charge on any atom is -0.468 e. The molecule has 1 atom stereocenters. The zero-order valence-corrected chi connectivity index (χ0v) is 18.9. The van der Waals surface area contributed by atoms with E-state index in [1.807, 2.05) is 6.07 Å². The maximum absolute atomic E-state index is 13.1. The zero-order chi connectivity index (χ0) is 22.0. The fraction of sp³-hybridized carbons (Fsp3) is 0.542. The van der Waals surface area contributed by atoms with Gasteiger partial charge in [0.15, 0.2) is 5.78 Å². The number of nitriles is 1. The Morgan fingerprint density at radius 2 is 2.10 bits per heavy atom. The lowest BCUT2D eigenvalue weighted by Gasteiger charge is -2.38. The van der Waals surface area contributed by atoms with Crippen molar-refractivity contribution in [1.82, 2.24) is 10.6 Å². The second-order valence-corrected chi connectivity index (χ2v) is 10.4. The molecule has 2 heterocycles. The molecule has 2 aliphatic carbocycles. The topological polar surface area (TPSA) is 95.1 Å². The van der Waals surface area contributed by atoms with Gasteiger partial charge in [-0.2, -0.15) is 5.26 Å². The third kappa shape index (κ3) is 4.74. The van der Waals surface area contributed by atoms with Gasteiger partial charge in [-0.1, -0.05) is 44.9 Å². The molecule has 1 saturated carbocycles. The maximum Gasteiger partial charge on any atom is 0.230 e. The number of thioether (sulfide) groups is 1. The SMILES string of the molecule is CC1(C)CC(=O)C2=C(C1)NC(SCC(=O)NC1CCCCC1)=C(C#N)[C@@H]2c1ccco1. The number of ketones is 1. The molecule has 0 unspecified atom stereocenters. The van der Waals surface area contributed by atoms with E-state index in [1.54, 1.807) is 12.3 Å². The fourth-order valence-electron chi connectivity index (χ4n) is 4.88. The number of allylic oxidation sites excluding steroid dienone is 3. The molecule has 0 saturated heterocycles. The number of carbonyl (C=O) groups excluding carboxylic acids is 2. The van der Waals surface area contributed by atoms with Crippen LogP contribution >= 0.6 is 11.8 Å². The Morgan fingerprint density at radius 1 is 1.32 bits per heavy atom. The second-order valence-electron chi connectivity index (χ2n) is 9.45. The number of nitrogens with one attached hydrogen (secondary N) is 2. The van der Waals surface area contributed by atoms with Crippen LogP contribution < -0.4 is 10.6 Å². The van der Waals surface area contributed by atoms with Crippen molar-refractivity contribution < 1.29 is 14.0 Å². The van der Waals surface area contributed by atoms with Gasteiger partial charge >= 0.3 is 0 Å². The summed E-state index contributed by atoms with van der Waals surface area (Å²) in [6.07, 6.45) is 8.35. The first-order chi connectivity index (χ1) is 14.9. The third-order valence-electron chi connectivity index (χ3n) is 6.27. The highest BCUT2D eigenvalue weighted by molar-refractivity contribution is 8.03. The zero-order valence-electron chi connectivity index (χ0n) is 18.1. The number of carbonyl (C=O) groups is 2. The van der Waals surface area contributed by atoms with Gasteiger partial charge in [0.1, 0.15) is 5.76 Å². The summed E-state index contributed by atoms with van der Waals surface area (Å²) in [6, 6.07) is 6.13. The number of furan rings is 1. The lowest BCUT2D eigenvalue weighted by atomic mass is 9.70. The molecule has 2 N–H and O–H groups in total. The Labute approximate surface area is 187 Å². The number of nitrogens with zero attached hydrogens (tertiary/aromatic N) is 1. The van der Waals surface area contributed by atoms with Crippen LogP contribution in [0.1, 0.15) is 70.5 Å². The van der Waals surface area contributed by atoms with Crippen LogP contribution in [0.4, 0.5) is 0 Å². The summed E-state index contributed by atoms with van der Waals surface area (Å²) in [4.78, 5) is 25.6. The van der Waals surface area contributed by atoms with Gasteiger partial charge in [-0.15, -0.1) is 0 Å². The predicted molar refractivity (Wildman–Crippen MR) is 120 cm³/mol. The molecule has 31 heavy (non-hydrogen) atoms. The van der Waals surface area contributed by atoms with E-state index >= 15 is 0 Å². The van der Waals surface area contributed by atoms with Crippen LogP contribution in [0.3, 0.4) is 0 Å². The highest BCUT2D eigenvalue weighted by Gasteiger charge is 2.43. The van der Waals surface area contributed by atoms with Crippen molar-refractivity contribution in [3.8, 4) is 6.07 Å². The number of hydrogen-bond donors (Lipinski definition) is 2. The highest BCUT2D eigenvalue weighted by Crippen LogP contribution is 2.47. The van der Waals surface area contributed by atoms with Gasteiger partial charge in [-0.25, -0.2) is 0 Å². The number of rotatable bonds is 5. The minimum atomic E-state index is -0.524. The van der Waals surface area contributed by atoms with E-state index in [0.717, 1.165) is 31.4 Å². The molecule has 0 aromatic carbocycles. The Kier molecular flexibility index (Phi) is 6.29. The van der Waals surface area contributed by atoms with E-state index in [4.69, 9.17) is 4.42 Å². The van der Waals surface area contributed by atoms with Gasteiger partial charge in [0, 0.05) is 23.7 Å². The number of hydrogen-bond acceptors (Lipinski definition) is 6. The molecule has 0 bridgehead atoms. The first kappa shape index (κ1) is 21.8. The molecule has 4 rings (SSSR count). The number of amides is 1. The van der Waals surface area contributed by atoms with Crippen LogP contribution in [0.15, 0.2) is 44.7 Å². The molecule has 1 aromatic heterocycles. The van der Waals surface area contributed by atoms with Gasteiger partial charge in [0.25, 0.3) is 0 Å². The molecular formula is C24H29N3O3S. The lowest BCUT2D eigenvalue weighted by molar-refractivity contribution is -0.120. The molecule has 1 fully saturated rings. The molecule has 6 nitrogen and oxygen atoms in total. The summed E-state index contributed by atoms with van der Waals surface area (Å²) >= 11 is 1.33. The Bertz CT molecular complexity index is 963. The summed E-state index contributed by atoms with van der Waals surface area (Å²) in [6.45, 7) is 4.15. The average Bonchev–Trinajstić information content (AvgIpc) is 3.25. The molecule has 0 radical (unpaired) electrons. The van der Waals surface area contributed by atoms with Crippen LogP contribution in [-0.4, -0.2) is 23.5 Å². The van der Waals surface area contributed by atoms with Crippen LogP contribution in [0, 0.1) is 16.7 Å². The van der Waals surface area contributed by atoms with E-state index in [0.29, 0.717) is 34.8 Å². The van der Waals surface area contributed by atoms with E-state index in [9.17, 15) is 14.9 Å². The molecule has 3 aliphatic rings. The molecule has 1 amide bonds. The van der Waals surface area contributed by atoms with Crippen molar-refractivity contribution >= 4 is 23.5 Å². The summed E-state index contributed by atoms with van der Waals surface area (Å²) in [5.41, 5.74) is 1.76. The maximum atomic E-state index is 13.1. The molecular weight excluding hydrogens is 410 g/mol. The van der Waals surface area contributed by atoms with Crippen LogP contribution in [-0.2, 0) is 9.59 Å². The summed E-state index contributed by atoms with van der Waals surface area (Å²) in [5.74, 6) is 0.325. The normalized spacial score (nSPS) is 23.8. The average molecular weight is 440 g/mol. The largest absolute Gasteiger partial charge is 0.468 e. The van der Waals surface area contributed by atoms with Gasteiger partial charge in [0.05, 0.1) is 34.6 Å². The van der Waals surface area contributed by atoms with Gasteiger partial charge in [-0.05, 0) is 36.8 Å². The van der Waals surface area contributed by atoms with E-state index < -0.39 is 5.92 Å². The van der Waals surface area contributed by atoms with E-state index in [2.05, 4.69) is 30.6 Å². The Hall–Kier alpha value is -2.46. The van der Waals surface area contributed by atoms with Crippen molar-refractivity contribution in [2.24, 2.45) is 5.41 Å². The van der Waals surface area contributed by atoms with Crippen LogP contribution in [0.2, 0.25) is 0 Å². The molecule has 1 aliphatic heterocycles. The summed E-state index contributed by atoms with van der Waals surface area (Å²) in [7, 11) is 0. The number of Topliss-reactive ketones (excluding diaryl/α,β-unsaturated/α-hetero) is 1. The van der Waals surface area contributed by atoms with Crippen molar-refractivity contribution in [2.75, 3.05) is 5.75 Å². The first-order valence-corrected chi connectivity index (χ1v) is 12.0. The summed E-state index contributed by atoms with van der Waals surface area (Å²) < 4.78 is 5.64. The van der Waals surface area contributed by atoms with Gasteiger partial charge < -0.3 is 15.1 Å². The molecule has 164 valence electrons. The van der Waals surface area contributed by atoms with Gasteiger partial charge in [0.2, 0.25) is 5.91 Å².